The Morgan fingerprint density at radius 3 is 2.61 bits per heavy atom. The van der Waals surface area contributed by atoms with Gasteiger partial charge in [0, 0.05) is 43.3 Å². The highest BCUT2D eigenvalue weighted by Gasteiger charge is 2.34. The summed E-state index contributed by atoms with van der Waals surface area (Å²) in [6.07, 6.45) is 5.58. The highest BCUT2D eigenvalue weighted by atomic mass is 16.6. The van der Waals surface area contributed by atoms with Crippen molar-refractivity contribution >= 4 is 17.8 Å². The minimum atomic E-state index is -0.805. The lowest BCUT2D eigenvalue weighted by Gasteiger charge is -2.26. The van der Waals surface area contributed by atoms with E-state index < -0.39 is 17.7 Å². The van der Waals surface area contributed by atoms with Crippen molar-refractivity contribution in [2.75, 3.05) is 13.1 Å². The molecule has 3 heterocycles. The normalized spacial score (nSPS) is 17.5. The number of ether oxygens (including phenoxy) is 1. The maximum Gasteiger partial charge on any atom is 0.408 e. The van der Waals surface area contributed by atoms with Crippen molar-refractivity contribution in [3.8, 4) is 0 Å². The molecular formula is C23H27N5O3. The summed E-state index contributed by atoms with van der Waals surface area (Å²) in [6.45, 7) is 6.56. The van der Waals surface area contributed by atoms with E-state index in [0.29, 0.717) is 18.9 Å². The summed E-state index contributed by atoms with van der Waals surface area (Å²) in [5.41, 5.74) is 1.15. The number of amides is 2. The fourth-order valence-electron chi connectivity index (χ4n) is 3.93. The van der Waals surface area contributed by atoms with Crippen molar-refractivity contribution < 1.29 is 14.3 Å². The molecule has 0 aliphatic carbocycles. The molecule has 1 fully saturated rings. The van der Waals surface area contributed by atoms with Crippen molar-refractivity contribution in [3.05, 3.63) is 66.2 Å². The molecule has 162 valence electrons. The van der Waals surface area contributed by atoms with Gasteiger partial charge in [0.2, 0.25) is 11.7 Å². The highest BCUT2D eigenvalue weighted by molar-refractivity contribution is 5.87. The number of likely N-dealkylation sites (tertiary alicyclic amines) is 1. The Hall–Kier alpha value is -3.42. The monoisotopic (exact) mass is 421 g/mol. The van der Waals surface area contributed by atoms with Gasteiger partial charge >= 0.3 is 6.09 Å². The molecule has 1 aliphatic heterocycles. The molecule has 4 rings (SSSR count). The van der Waals surface area contributed by atoms with Gasteiger partial charge in [0.15, 0.2) is 0 Å². The van der Waals surface area contributed by atoms with Gasteiger partial charge in [-0.3, -0.25) is 9.20 Å². The van der Waals surface area contributed by atoms with Gasteiger partial charge in [-0.25, -0.2) is 14.8 Å². The van der Waals surface area contributed by atoms with Crippen LogP contribution in [0.15, 0.2) is 55.0 Å². The maximum atomic E-state index is 13.5. The summed E-state index contributed by atoms with van der Waals surface area (Å²) in [6, 6.07) is 10.4. The minimum absolute atomic E-state index is 0.143. The number of benzene rings is 1. The third-order valence-electron chi connectivity index (χ3n) is 5.29. The van der Waals surface area contributed by atoms with Crippen LogP contribution < -0.4 is 5.32 Å². The predicted octanol–water partition coefficient (Wildman–Crippen LogP) is 3.31. The van der Waals surface area contributed by atoms with E-state index in [2.05, 4.69) is 15.3 Å². The summed E-state index contributed by atoms with van der Waals surface area (Å²) < 4.78 is 7.36. The van der Waals surface area contributed by atoms with Crippen LogP contribution in [-0.4, -0.2) is 50.0 Å². The zero-order chi connectivity index (χ0) is 22.0. The number of rotatable bonds is 4. The molecule has 1 N–H and O–H groups in total. The Bertz CT molecular complexity index is 1070. The molecular weight excluding hydrogens is 394 g/mol. The Kier molecular flexibility index (Phi) is 5.63. The van der Waals surface area contributed by atoms with Crippen LogP contribution in [0.3, 0.4) is 0 Å². The Labute approximate surface area is 181 Å². The van der Waals surface area contributed by atoms with Crippen molar-refractivity contribution in [3.63, 3.8) is 0 Å². The Morgan fingerprint density at radius 2 is 1.87 bits per heavy atom. The van der Waals surface area contributed by atoms with Gasteiger partial charge in [-0.2, -0.15) is 0 Å². The van der Waals surface area contributed by atoms with E-state index in [1.807, 2.05) is 51.9 Å². The fraction of sp³-hybridized carbons (Fsp3) is 0.391. The molecule has 2 amide bonds. The summed E-state index contributed by atoms with van der Waals surface area (Å²) in [4.78, 5) is 36.2. The first-order valence-electron chi connectivity index (χ1n) is 10.4. The average molecular weight is 422 g/mol. The second kappa shape index (κ2) is 8.37. The molecule has 2 atom stereocenters. The molecule has 1 aliphatic rings. The number of imidazole rings is 1. The maximum absolute atomic E-state index is 13.5. The third kappa shape index (κ3) is 4.68. The molecule has 1 aromatic carbocycles. The van der Waals surface area contributed by atoms with Crippen LogP contribution >= 0.6 is 0 Å². The molecule has 2 aromatic heterocycles. The zero-order valence-corrected chi connectivity index (χ0v) is 18.0. The smallest absolute Gasteiger partial charge is 0.408 e. The van der Waals surface area contributed by atoms with Gasteiger partial charge in [-0.05, 0) is 38.8 Å². The van der Waals surface area contributed by atoms with Gasteiger partial charge in [-0.15, -0.1) is 0 Å². The lowest BCUT2D eigenvalue weighted by molar-refractivity contribution is -0.132. The first-order valence-corrected chi connectivity index (χ1v) is 10.4. The van der Waals surface area contributed by atoms with Gasteiger partial charge in [0.1, 0.15) is 11.6 Å². The molecule has 8 nitrogen and oxygen atoms in total. The van der Waals surface area contributed by atoms with Gasteiger partial charge in [0.25, 0.3) is 0 Å². The number of aromatic nitrogens is 3. The number of carbonyl (C=O) groups excluding carboxylic acids is 2. The molecule has 0 radical (unpaired) electrons. The van der Waals surface area contributed by atoms with E-state index in [4.69, 9.17) is 4.74 Å². The molecule has 0 saturated carbocycles. The average Bonchev–Trinajstić information content (AvgIpc) is 3.40. The lowest BCUT2D eigenvalue weighted by Crippen LogP contribution is -2.43. The van der Waals surface area contributed by atoms with E-state index >= 15 is 0 Å². The van der Waals surface area contributed by atoms with Crippen molar-refractivity contribution in [2.45, 2.75) is 44.8 Å². The van der Waals surface area contributed by atoms with Crippen LogP contribution in [0.5, 0.6) is 0 Å². The number of alkyl carbamates (subject to hydrolysis) is 1. The van der Waals surface area contributed by atoms with Crippen LogP contribution in [0.2, 0.25) is 0 Å². The topological polar surface area (TPSA) is 88.8 Å². The first-order chi connectivity index (χ1) is 14.8. The van der Waals surface area contributed by atoms with E-state index in [1.165, 1.54) is 0 Å². The van der Waals surface area contributed by atoms with Gasteiger partial charge in [-0.1, -0.05) is 30.3 Å². The molecule has 31 heavy (non-hydrogen) atoms. The van der Waals surface area contributed by atoms with Crippen molar-refractivity contribution in [1.82, 2.24) is 24.6 Å². The lowest BCUT2D eigenvalue weighted by atomic mass is 10.0. The first kappa shape index (κ1) is 20.8. The van der Waals surface area contributed by atoms with Crippen LogP contribution in [0.4, 0.5) is 4.79 Å². The van der Waals surface area contributed by atoms with Crippen LogP contribution in [0.1, 0.15) is 50.4 Å². The number of carbonyl (C=O) groups is 2. The van der Waals surface area contributed by atoms with Crippen LogP contribution in [0, 0.1) is 0 Å². The summed E-state index contributed by atoms with van der Waals surface area (Å²) in [5, 5.41) is 2.77. The summed E-state index contributed by atoms with van der Waals surface area (Å²) in [7, 11) is 0. The number of hydrogen-bond donors (Lipinski definition) is 1. The molecule has 0 bridgehead atoms. The fourth-order valence-corrected chi connectivity index (χ4v) is 3.93. The predicted molar refractivity (Wildman–Crippen MR) is 115 cm³/mol. The largest absolute Gasteiger partial charge is 0.444 e. The van der Waals surface area contributed by atoms with E-state index in [1.54, 1.807) is 33.2 Å². The molecule has 0 spiro atoms. The zero-order valence-electron chi connectivity index (χ0n) is 18.0. The van der Waals surface area contributed by atoms with E-state index in [-0.39, 0.29) is 11.8 Å². The van der Waals surface area contributed by atoms with E-state index in [0.717, 1.165) is 17.7 Å². The SMILES string of the molecule is CC(C)(C)OC(=O)NC(C(=O)N1CCC(c2ccnc3nccn23)C1)c1ccccc1. The Morgan fingerprint density at radius 1 is 1.13 bits per heavy atom. The molecule has 8 heteroatoms. The van der Waals surface area contributed by atoms with Gasteiger partial charge < -0.3 is 15.0 Å². The van der Waals surface area contributed by atoms with Crippen molar-refractivity contribution in [2.24, 2.45) is 0 Å². The number of fused-ring (bicyclic) bond motifs is 1. The van der Waals surface area contributed by atoms with Crippen LogP contribution in [-0.2, 0) is 9.53 Å². The number of hydrogen-bond acceptors (Lipinski definition) is 5. The molecule has 1 saturated heterocycles. The number of nitrogens with zero attached hydrogens (tertiary/aromatic N) is 4. The quantitative estimate of drug-likeness (QED) is 0.698. The number of nitrogens with one attached hydrogen (secondary N) is 1. The second-order valence-corrected chi connectivity index (χ2v) is 8.73. The standard InChI is InChI=1S/C23H27N5O3/c1-23(2,3)31-22(30)26-19(16-7-5-4-6-8-16)20(29)27-13-10-17(15-27)18-9-11-24-21-25-12-14-28(18)21/h4-9,11-12,14,17,19H,10,13,15H2,1-3H3,(H,26,30). The minimum Gasteiger partial charge on any atom is -0.444 e. The highest BCUT2D eigenvalue weighted by Crippen LogP contribution is 2.29. The summed E-state index contributed by atoms with van der Waals surface area (Å²) in [5.74, 6) is 0.674. The van der Waals surface area contributed by atoms with Gasteiger partial charge in [0.05, 0.1) is 0 Å². The van der Waals surface area contributed by atoms with Crippen molar-refractivity contribution in [1.29, 1.82) is 0 Å². The molecule has 2 unspecified atom stereocenters. The van der Waals surface area contributed by atoms with Crippen LogP contribution in [0.25, 0.3) is 5.78 Å². The second-order valence-electron chi connectivity index (χ2n) is 8.73. The third-order valence-corrected chi connectivity index (χ3v) is 5.29. The Balaban J connectivity index is 1.53. The summed E-state index contributed by atoms with van der Waals surface area (Å²) >= 11 is 0. The molecule has 3 aromatic rings. The van der Waals surface area contributed by atoms with E-state index in [9.17, 15) is 9.59 Å².